The third-order valence-electron chi connectivity index (χ3n) is 1.47. The van der Waals surface area contributed by atoms with Crippen LogP contribution in [-0.4, -0.2) is 0 Å². The molecule has 0 heteroatoms. The molecular weight excluding hydrogens is 192 g/mol. The van der Waals surface area contributed by atoms with Crippen LogP contribution in [0.3, 0.4) is 0 Å². The minimum Gasteiger partial charge on any atom is -0.100 e. The molecule has 0 atom stereocenters. The maximum absolute atomic E-state index is 3.77. The molecule has 0 spiro atoms. The molecule has 0 aliphatic heterocycles. The van der Waals surface area contributed by atoms with Gasteiger partial charge in [-0.05, 0) is 33.6 Å². The fraction of sp³-hybridized carbons (Fsp3) is 0.500. The van der Waals surface area contributed by atoms with Gasteiger partial charge in [-0.1, -0.05) is 62.8 Å². The topological polar surface area (TPSA) is 0 Å². The van der Waals surface area contributed by atoms with E-state index in [-0.39, 0.29) is 0 Å². The molecule has 0 unspecified atom stereocenters. The van der Waals surface area contributed by atoms with Gasteiger partial charge in [0.1, 0.15) is 0 Å². The second-order valence-corrected chi connectivity index (χ2v) is 3.72. The second kappa shape index (κ2) is 16.4. The van der Waals surface area contributed by atoms with Crippen LogP contribution in [0.25, 0.3) is 0 Å². The maximum Gasteiger partial charge on any atom is -0.0141 e. The lowest BCUT2D eigenvalue weighted by Crippen LogP contribution is -1.67. The van der Waals surface area contributed by atoms with Crippen molar-refractivity contribution in [3.8, 4) is 0 Å². The molecule has 0 saturated carbocycles. The summed E-state index contributed by atoms with van der Waals surface area (Å²) < 4.78 is 0. The molecular formula is C16H30. The summed E-state index contributed by atoms with van der Waals surface area (Å²) in [5.41, 5.74) is 3.54. The standard InChI is InChI=1S/C9H14.C5H10.C2H6/c1-8(2)6-5-7-9(3)4;1-4-5(2)3;1-2/h5-6H,1,3,7H2,2,4H3;2,4H2,1,3H3;1-2H3/b6-5-;;. The second-order valence-electron chi connectivity index (χ2n) is 3.72. The summed E-state index contributed by atoms with van der Waals surface area (Å²) in [4.78, 5) is 0. The van der Waals surface area contributed by atoms with Crippen LogP contribution in [0.5, 0.6) is 0 Å². The normalized spacial score (nSPS) is 8.38. The summed E-state index contributed by atoms with van der Waals surface area (Å²) in [7, 11) is 0. The first kappa shape index (κ1) is 20.4. The monoisotopic (exact) mass is 222 g/mol. The first-order valence-corrected chi connectivity index (χ1v) is 6.01. The summed E-state index contributed by atoms with van der Waals surface area (Å²) in [6.07, 6.45) is 6.16. The average Bonchev–Trinajstić information content (AvgIpc) is 2.20. The predicted octanol–water partition coefficient (Wildman–Crippen LogP) is 6.08. The van der Waals surface area contributed by atoms with Crippen molar-refractivity contribution in [3.63, 3.8) is 0 Å². The third kappa shape index (κ3) is 38.3. The van der Waals surface area contributed by atoms with Gasteiger partial charge in [0, 0.05) is 0 Å². The molecule has 0 N–H and O–H groups in total. The van der Waals surface area contributed by atoms with Crippen molar-refractivity contribution >= 4 is 0 Å². The summed E-state index contributed by atoms with van der Waals surface area (Å²) in [6.45, 7) is 23.3. The highest BCUT2D eigenvalue weighted by atomic mass is 13.8. The van der Waals surface area contributed by atoms with Gasteiger partial charge in [0.05, 0.1) is 0 Å². The molecule has 0 aliphatic rings. The fourth-order valence-corrected chi connectivity index (χ4v) is 0.461. The lowest BCUT2D eigenvalue weighted by Gasteiger charge is -1.88. The van der Waals surface area contributed by atoms with E-state index < -0.39 is 0 Å². The molecule has 0 aromatic carbocycles. The van der Waals surface area contributed by atoms with E-state index in [2.05, 4.69) is 32.7 Å². The summed E-state index contributed by atoms with van der Waals surface area (Å²) in [5, 5.41) is 0. The highest BCUT2D eigenvalue weighted by Crippen LogP contribution is 1.98. The van der Waals surface area contributed by atoms with Gasteiger partial charge in [-0.3, -0.25) is 0 Å². The van der Waals surface area contributed by atoms with Gasteiger partial charge in [-0.25, -0.2) is 0 Å². The summed E-state index contributed by atoms with van der Waals surface area (Å²) in [5.74, 6) is 0. The number of allylic oxidation sites excluding steroid dienone is 5. The Morgan fingerprint density at radius 1 is 0.938 bits per heavy atom. The fourth-order valence-electron chi connectivity index (χ4n) is 0.461. The third-order valence-corrected chi connectivity index (χ3v) is 1.47. The van der Waals surface area contributed by atoms with Crippen LogP contribution >= 0.6 is 0 Å². The van der Waals surface area contributed by atoms with E-state index in [1.54, 1.807) is 0 Å². The van der Waals surface area contributed by atoms with E-state index in [4.69, 9.17) is 0 Å². The lowest BCUT2D eigenvalue weighted by atomic mass is 10.2. The highest BCUT2D eigenvalue weighted by Gasteiger charge is 1.77. The molecule has 0 heterocycles. The van der Waals surface area contributed by atoms with Crippen molar-refractivity contribution in [2.24, 2.45) is 0 Å². The molecule has 0 bridgehead atoms. The smallest absolute Gasteiger partial charge is 0.0141 e. The molecule has 0 saturated heterocycles. The van der Waals surface area contributed by atoms with Crippen molar-refractivity contribution in [2.45, 2.75) is 54.4 Å². The Morgan fingerprint density at radius 2 is 1.31 bits per heavy atom. The van der Waals surface area contributed by atoms with Gasteiger partial charge < -0.3 is 0 Å². The van der Waals surface area contributed by atoms with Crippen LogP contribution in [-0.2, 0) is 0 Å². The molecule has 0 fully saturated rings. The number of hydrogen-bond donors (Lipinski definition) is 0. The van der Waals surface area contributed by atoms with E-state index >= 15 is 0 Å². The van der Waals surface area contributed by atoms with Crippen LogP contribution in [0.4, 0.5) is 0 Å². The SMILES string of the molecule is C=C(C)/C=C\CC(=C)C.C=C(C)CC.CC. The Kier molecular flexibility index (Phi) is 20.9. The molecule has 94 valence electrons. The van der Waals surface area contributed by atoms with Crippen LogP contribution in [0, 0.1) is 0 Å². The summed E-state index contributed by atoms with van der Waals surface area (Å²) in [6, 6.07) is 0. The molecule has 16 heavy (non-hydrogen) atoms. The average molecular weight is 222 g/mol. The van der Waals surface area contributed by atoms with Crippen molar-refractivity contribution in [1.29, 1.82) is 0 Å². The zero-order valence-corrected chi connectivity index (χ0v) is 12.2. The van der Waals surface area contributed by atoms with Crippen molar-refractivity contribution in [1.82, 2.24) is 0 Å². The van der Waals surface area contributed by atoms with E-state index in [1.807, 2.05) is 40.7 Å². The minimum absolute atomic E-state index is 0.965. The first-order valence-electron chi connectivity index (χ1n) is 6.01. The molecule has 0 amide bonds. The molecule has 0 aromatic rings. The first-order chi connectivity index (χ1) is 7.40. The number of hydrogen-bond acceptors (Lipinski definition) is 0. The Hall–Kier alpha value is -1.04. The zero-order chi connectivity index (χ0) is 13.6. The van der Waals surface area contributed by atoms with Crippen molar-refractivity contribution in [2.75, 3.05) is 0 Å². The van der Waals surface area contributed by atoms with Gasteiger partial charge in [0.25, 0.3) is 0 Å². The van der Waals surface area contributed by atoms with Gasteiger partial charge in [-0.15, -0.1) is 6.58 Å². The van der Waals surface area contributed by atoms with Gasteiger partial charge in [0.15, 0.2) is 0 Å². The quantitative estimate of drug-likeness (QED) is 0.399. The van der Waals surface area contributed by atoms with Crippen LogP contribution in [0.2, 0.25) is 0 Å². The van der Waals surface area contributed by atoms with E-state index in [9.17, 15) is 0 Å². The van der Waals surface area contributed by atoms with E-state index in [0.717, 1.165) is 18.4 Å². The van der Waals surface area contributed by atoms with Gasteiger partial charge in [0.2, 0.25) is 0 Å². The van der Waals surface area contributed by atoms with Crippen LogP contribution < -0.4 is 0 Å². The molecule has 0 radical (unpaired) electrons. The largest absolute Gasteiger partial charge is 0.100 e. The van der Waals surface area contributed by atoms with Gasteiger partial charge in [-0.2, -0.15) is 0 Å². The van der Waals surface area contributed by atoms with Crippen LogP contribution in [0.1, 0.15) is 54.4 Å². The Labute approximate surface area is 103 Å². The lowest BCUT2D eigenvalue weighted by molar-refractivity contribution is 1.11. The minimum atomic E-state index is 0.965. The predicted molar refractivity (Wildman–Crippen MR) is 79.8 cm³/mol. The summed E-state index contributed by atoms with van der Waals surface area (Å²) >= 11 is 0. The number of rotatable bonds is 4. The van der Waals surface area contributed by atoms with Crippen LogP contribution in [0.15, 0.2) is 48.6 Å². The zero-order valence-electron chi connectivity index (χ0n) is 12.2. The molecule has 0 aromatic heterocycles. The maximum atomic E-state index is 3.77. The Bertz CT molecular complexity index is 216. The molecule has 0 nitrogen and oxygen atoms in total. The Balaban J connectivity index is -0.000000205. The van der Waals surface area contributed by atoms with Gasteiger partial charge >= 0.3 is 0 Å². The van der Waals surface area contributed by atoms with E-state index in [1.165, 1.54) is 11.1 Å². The van der Waals surface area contributed by atoms with Crippen molar-refractivity contribution < 1.29 is 0 Å². The highest BCUT2D eigenvalue weighted by molar-refractivity contribution is 5.13. The molecule has 0 aliphatic carbocycles. The van der Waals surface area contributed by atoms with E-state index in [0.29, 0.717) is 0 Å². The van der Waals surface area contributed by atoms with Crippen molar-refractivity contribution in [3.05, 3.63) is 48.6 Å². The molecule has 0 rings (SSSR count). The Morgan fingerprint density at radius 3 is 1.50 bits per heavy atom.